The molecule has 2 fully saturated rings. The monoisotopic (exact) mass is 524 g/mol. The van der Waals surface area contributed by atoms with Crippen molar-refractivity contribution >= 4 is 41.7 Å². The lowest BCUT2D eigenvalue weighted by Gasteiger charge is -2.32. The van der Waals surface area contributed by atoms with Gasteiger partial charge >= 0.3 is 0 Å². The van der Waals surface area contributed by atoms with Crippen molar-refractivity contribution in [3.63, 3.8) is 0 Å². The van der Waals surface area contributed by atoms with Gasteiger partial charge in [0.05, 0.1) is 30.9 Å². The molecule has 1 aromatic rings. The zero-order chi connectivity index (χ0) is 23.6. The van der Waals surface area contributed by atoms with Gasteiger partial charge in [0, 0.05) is 35.1 Å². The van der Waals surface area contributed by atoms with E-state index in [1.54, 1.807) is 16.8 Å². The number of hydrogen-bond acceptors (Lipinski definition) is 5. The van der Waals surface area contributed by atoms with Gasteiger partial charge in [-0.25, -0.2) is 0 Å². The topological polar surface area (TPSA) is 90.3 Å². The molecule has 3 aliphatic heterocycles. The van der Waals surface area contributed by atoms with E-state index in [-0.39, 0.29) is 42.3 Å². The quantitative estimate of drug-likeness (QED) is 0.591. The molecule has 0 bridgehead atoms. The molecule has 2 N–H and O–H groups in total. The number of carbonyl (C=O) groups excluding carboxylic acids is 2. The van der Waals surface area contributed by atoms with E-state index in [2.05, 4.69) is 15.9 Å². The van der Waals surface area contributed by atoms with Crippen molar-refractivity contribution < 1.29 is 24.2 Å². The number of anilines is 1. The fourth-order valence-electron chi connectivity index (χ4n) is 6.25. The molecule has 0 saturated carbocycles. The zero-order valence-electron chi connectivity index (χ0n) is 19.4. The molecule has 3 heterocycles. The molecule has 1 spiro atoms. The fraction of sp³-hybridized carbons (Fsp3) is 0.652. The minimum Gasteiger partial charge on any atom is -0.432 e. The largest absolute Gasteiger partial charge is 0.432 e. The molecule has 0 radical (unpaired) electrons. The number of ether oxygens (including phenoxy) is 1. The summed E-state index contributed by atoms with van der Waals surface area (Å²) in [6, 6.07) is 3.81. The Morgan fingerprint density at radius 1 is 1.38 bits per heavy atom. The van der Waals surface area contributed by atoms with Crippen molar-refractivity contribution in [3.8, 4) is 0 Å². The molecule has 0 aromatic heterocycles. The van der Waals surface area contributed by atoms with E-state index >= 15 is 0 Å². The van der Waals surface area contributed by atoms with Gasteiger partial charge in [-0.15, -0.1) is 0 Å². The highest BCUT2D eigenvalue weighted by molar-refractivity contribution is 9.10. The molecule has 1 aromatic carbocycles. The van der Waals surface area contributed by atoms with Crippen LogP contribution in [-0.4, -0.2) is 67.3 Å². The molecule has 9 heteroatoms. The summed E-state index contributed by atoms with van der Waals surface area (Å²) < 4.78 is 7.46. The van der Waals surface area contributed by atoms with Crippen LogP contribution in [0.3, 0.4) is 0 Å². The first-order valence-corrected chi connectivity index (χ1v) is 15.1. The van der Waals surface area contributed by atoms with Gasteiger partial charge in [-0.2, -0.15) is 0 Å². The number of aryl methyl sites for hydroxylation is 1. The summed E-state index contributed by atoms with van der Waals surface area (Å²) in [5.74, 6) is -0.522. The third kappa shape index (κ3) is 3.48. The van der Waals surface area contributed by atoms with Crippen LogP contribution in [0.25, 0.3) is 0 Å². The smallest absolute Gasteiger partial charge is 0.264 e. The Kier molecular flexibility index (Phi) is 6.12. The highest BCUT2D eigenvalue weighted by atomic mass is 79.9. The van der Waals surface area contributed by atoms with Crippen LogP contribution in [0.5, 0.6) is 0 Å². The second-order valence-electron chi connectivity index (χ2n) is 10.1. The minimum absolute atomic E-state index is 0.0504. The average Bonchev–Trinajstić information content (AvgIpc) is 3.33. The van der Waals surface area contributed by atoms with E-state index in [0.717, 1.165) is 34.1 Å². The Bertz CT molecular complexity index is 951. The van der Waals surface area contributed by atoms with Gasteiger partial charge in [0.1, 0.15) is 0 Å². The number of nitrogens with zero attached hydrogens (tertiary/aromatic N) is 2. The van der Waals surface area contributed by atoms with Gasteiger partial charge in [0.2, 0.25) is 5.91 Å². The lowest BCUT2D eigenvalue weighted by molar-refractivity contribution is -0.149. The number of fused-ring (bicyclic) bond motifs is 2. The van der Waals surface area contributed by atoms with Crippen LogP contribution < -0.4 is 4.90 Å². The molecule has 2 saturated heterocycles. The first kappa shape index (κ1) is 23.9. The Hall–Kier alpha value is -1.26. The standard InChI is InChI=1S/C23H33BrN2O5Si/c1-13-9-16-20(17(24)10-13)25(3)22(29)23(16)14(2)21(32(4,5)30)18(31-23)11-19(28)26-8-6-7-15(26)12-27/h9-10,14-15,18,21,27,30H,6-8,11-12H2,1-5H3/t14-,15-,18+,21-,23+/m0/s1. The minimum atomic E-state index is -2.80. The number of rotatable bonds is 4. The van der Waals surface area contributed by atoms with Gasteiger partial charge in [0.15, 0.2) is 13.9 Å². The number of carbonyl (C=O) groups is 2. The van der Waals surface area contributed by atoms with Crippen LogP contribution in [0.15, 0.2) is 16.6 Å². The number of likely N-dealkylation sites (N-methyl/N-ethyl adjacent to an activating group) is 1. The third-order valence-electron chi connectivity index (χ3n) is 7.58. The molecule has 0 aliphatic carbocycles. The predicted octanol–water partition coefficient (Wildman–Crippen LogP) is 2.91. The normalized spacial score (nSPS) is 32.3. The lowest BCUT2D eigenvalue weighted by Crippen LogP contribution is -2.45. The van der Waals surface area contributed by atoms with E-state index < -0.39 is 20.0 Å². The summed E-state index contributed by atoms with van der Waals surface area (Å²) in [5.41, 5.74) is 1.09. The molecule has 2 amide bonds. The maximum Gasteiger partial charge on any atom is 0.264 e. The summed E-state index contributed by atoms with van der Waals surface area (Å²) in [6.07, 6.45) is 1.20. The summed E-state index contributed by atoms with van der Waals surface area (Å²) in [4.78, 5) is 41.5. The van der Waals surface area contributed by atoms with Gasteiger partial charge in [-0.3, -0.25) is 9.59 Å². The van der Waals surface area contributed by atoms with Crippen molar-refractivity contribution in [3.05, 3.63) is 27.7 Å². The van der Waals surface area contributed by atoms with Crippen LogP contribution in [0.2, 0.25) is 18.6 Å². The zero-order valence-corrected chi connectivity index (χ0v) is 22.0. The summed E-state index contributed by atoms with van der Waals surface area (Å²) in [6.45, 7) is 8.24. The van der Waals surface area contributed by atoms with Crippen LogP contribution in [0.4, 0.5) is 5.69 Å². The maximum absolute atomic E-state index is 13.7. The number of hydrogen-bond donors (Lipinski definition) is 2. The highest BCUT2D eigenvalue weighted by Crippen LogP contribution is 2.60. The van der Waals surface area contributed by atoms with E-state index in [9.17, 15) is 19.5 Å². The Morgan fingerprint density at radius 3 is 2.69 bits per heavy atom. The van der Waals surface area contributed by atoms with Crippen molar-refractivity contribution in [1.82, 2.24) is 4.90 Å². The van der Waals surface area contributed by atoms with Crippen LogP contribution in [-0.2, 0) is 19.9 Å². The van der Waals surface area contributed by atoms with Gasteiger partial charge in [0.25, 0.3) is 5.91 Å². The highest BCUT2D eigenvalue weighted by Gasteiger charge is 2.66. The second-order valence-corrected chi connectivity index (χ2v) is 15.0. The first-order valence-electron chi connectivity index (χ1n) is 11.3. The number of likely N-dealkylation sites (tertiary alicyclic amines) is 1. The maximum atomic E-state index is 13.7. The SMILES string of the molecule is Cc1cc(Br)c2c(c1)[C@@]1(O[C@H](CC(=O)N3CCC[C@H]3CO)[C@@H]([Si](C)(C)O)[C@@H]1C)C(=O)N2C. The molecular formula is C23H33BrN2O5Si. The van der Waals surface area contributed by atoms with Crippen LogP contribution >= 0.6 is 15.9 Å². The Labute approximate surface area is 199 Å². The average molecular weight is 526 g/mol. The van der Waals surface area contributed by atoms with E-state index in [1.165, 1.54) is 0 Å². The van der Waals surface area contributed by atoms with E-state index in [1.807, 2.05) is 39.1 Å². The molecule has 32 heavy (non-hydrogen) atoms. The molecular weight excluding hydrogens is 492 g/mol. The molecule has 3 aliphatic rings. The van der Waals surface area contributed by atoms with Crippen molar-refractivity contribution in [2.75, 3.05) is 25.1 Å². The van der Waals surface area contributed by atoms with Gasteiger partial charge in [-0.05, 0) is 60.4 Å². The first-order chi connectivity index (χ1) is 14.9. The van der Waals surface area contributed by atoms with Gasteiger partial charge < -0.3 is 24.4 Å². The summed E-state index contributed by atoms with van der Waals surface area (Å²) >= 11 is 3.61. The number of benzene rings is 1. The number of halogens is 1. The Morgan fingerprint density at radius 2 is 2.06 bits per heavy atom. The lowest BCUT2D eigenvalue weighted by atomic mass is 9.82. The summed E-state index contributed by atoms with van der Waals surface area (Å²) in [7, 11) is -1.06. The molecule has 5 atom stereocenters. The number of aliphatic hydroxyl groups excluding tert-OH is 1. The predicted molar refractivity (Wildman–Crippen MR) is 128 cm³/mol. The molecule has 7 nitrogen and oxygen atoms in total. The van der Waals surface area contributed by atoms with Crippen LogP contribution in [0.1, 0.15) is 37.3 Å². The second kappa shape index (κ2) is 8.20. The van der Waals surface area contributed by atoms with E-state index in [0.29, 0.717) is 6.54 Å². The van der Waals surface area contributed by atoms with Crippen molar-refractivity contribution in [1.29, 1.82) is 0 Å². The van der Waals surface area contributed by atoms with Crippen LogP contribution in [0, 0.1) is 12.8 Å². The fourth-order valence-corrected chi connectivity index (χ4v) is 9.65. The Balaban J connectivity index is 1.75. The molecule has 0 unspecified atom stereocenters. The van der Waals surface area contributed by atoms with E-state index in [4.69, 9.17) is 4.74 Å². The number of amides is 2. The van der Waals surface area contributed by atoms with Gasteiger partial charge in [-0.1, -0.05) is 13.0 Å². The van der Waals surface area contributed by atoms with Crippen molar-refractivity contribution in [2.45, 2.75) is 69.5 Å². The summed E-state index contributed by atoms with van der Waals surface area (Å²) in [5, 5.41) is 9.65. The number of aliphatic hydroxyl groups is 1. The molecule has 176 valence electrons. The third-order valence-corrected chi connectivity index (χ3v) is 10.7. The molecule has 4 rings (SSSR count). The van der Waals surface area contributed by atoms with Crippen molar-refractivity contribution in [2.24, 2.45) is 5.92 Å².